The molecule has 1 unspecified atom stereocenters. The molecule has 0 radical (unpaired) electrons. The van der Waals surface area contributed by atoms with Crippen LogP contribution in [0.2, 0.25) is 0 Å². The van der Waals surface area contributed by atoms with E-state index >= 15 is 0 Å². The molecular weight excluding hydrogens is 403 g/mol. The van der Waals surface area contributed by atoms with Crippen molar-refractivity contribution in [2.45, 2.75) is 37.9 Å². The number of rotatable bonds is 5. The van der Waals surface area contributed by atoms with Gasteiger partial charge in [-0.2, -0.15) is 13.2 Å². The molecule has 31 heavy (non-hydrogen) atoms. The van der Waals surface area contributed by atoms with Crippen molar-refractivity contribution in [2.24, 2.45) is 0 Å². The van der Waals surface area contributed by atoms with Gasteiger partial charge in [0, 0.05) is 31.1 Å². The molecule has 3 aromatic rings. The van der Waals surface area contributed by atoms with Gasteiger partial charge in [0.25, 0.3) is 0 Å². The fourth-order valence-corrected chi connectivity index (χ4v) is 3.95. The molecule has 0 N–H and O–H groups in total. The summed E-state index contributed by atoms with van der Waals surface area (Å²) in [5.41, 5.74) is 2.56. The molecule has 1 aliphatic heterocycles. The number of amides is 1. The molecule has 1 aromatic carbocycles. The number of carbonyl (C=O) groups excluding carboxylic acids is 1. The van der Waals surface area contributed by atoms with Crippen molar-refractivity contribution in [1.29, 1.82) is 0 Å². The lowest BCUT2D eigenvalue weighted by Gasteiger charge is -2.25. The number of alkyl halides is 3. The van der Waals surface area contributed by atoms with Gasteiger partial charge in [-0.3, -0.25) is 14.8 Å². The van der Waals surface area contributed by atoms with Crippen LogP contribution in [-0.4, -0.2) is 27.3 Å². The number of benzene rings is 1. The Morgan fingerprint density at radius 1 is 1.03 bits per heavy atom. The van der Waals surface area contributed by atoms with Gasteiger partial charge in [0.05, 0.1) is 23.7 Å². The predicted octanol–water partition coefficient (Wildman–Crippen LogP) is 4.99. The van der Waals surface area contributed by atoms with E-state index in [1.165, 1.54) is 12.1 Å². The van der Waals surface area contributed by atoms with Crippen molar-refractivity contribution < 1.29 is 18.0 Å². The van der Waals surface area contributed by atoms with Gasteiger partial charge in [-0.25, -0.2) is 0 Å². The minimum absolute atomic E-state index is 0.0467. The van der Waals surface area contributed by atoms with E-state index in [4.69, 9.17) is 4.98 Å². The molecule has 0 aliphatic carbocycles. The second-order valence-electron chi connectivity index (χ2n) is 7.71. The van der Waals surface area contributed by atoms with Crippen molar-refractivity contribution in [2.75, 3.05) is 6.54 Å². The summed E-state index contributed by atoms with van der Waals surface area (Å²) < 4.78 is 38.3. The number of carbonyl (C=O) groups is 1. The fraction of sp³-hybridized carbons (Fsp3) is 0.292. The lowest BCUT2D eigenvalue weighted by atomic mass is 10.0. The van der Waals surface area contributed by atoms with Crippen molar-refractivity contribution in [1.82, 2.24) is 14.9 Å². The fourth-order valence-electron chi connectivity index (χ4n) is 3.95. The molecule has 4 nitrogen and oxygen atoms in total. The Hall–Kier alpha value is -3.22. The van der Waals surface area contributed by atoms with Gasteiger partial charge in [0.15, 0.2) is 0 Å². The summed E-state index contributed by atoms with van der Waals surface area (Å²) >= 11 is 0. The molecule has 0 saturated carbocycles. The summed E-state index contributed by atoms with van der Waals surface area (Å²) in [6.45, 7) is 0.689. The highest BCUT2D eigenvalue weighted by Gasteiger charge is 2.31. The summed E-state index contributed by atoms with van der Waals surface area (Å²) in [5.74, 6) is 0.0467. The molecule has 0 bridgehead atoms. The zero-order valence-corrected chi connectivity index (χ0v) is 16.8. The number of aromatic nitrogens is 2. The lowest BCUT2D eigenvalue weighted by molar-refractivity contribution is -0.137. The topological polar surface area (TPSA) is 46.1 Å². The maximum Gasteiger partial charge on any atom is 0.416 e. The number of likely N-dealkylation sites (tertiary alicyclic amines) is 1. The smallest absolute Gasteiger partial charge is 0.334 e. The molecule has 1 aliphatic rings. The zero-order chi connectivity index (χ0) is 21.8. The minimum atomic E-state index is -4.34. The Balaban J connectivity index is 1.47. The van der Waals surface area contributed by atoms with E-state index in [9.17, 15) is 18.0 Å². The van der Waals surface area contributed by atoms with Gasteiger partial charge in [-0.1, -0.05) is 24.3 Å². The number of hydrogen-bond donors (Lipinski definition) is 0. The van der Waals surface area contributed by atoms with E-state index in [0.29, 0.717) is 19.4 Å². The normalized spacial score (nSPS) is 16.5. The number of hydrogen-bond acceptors (Lipinski definition) is 3. The standard InChI is InChI=1S/C24H22F3N3O/c25-24(26,27)19-10-8-17(9-11-19)14-20-5-1-6-21(29-20)22-7-3-13-30(22)23(31)15-18-4-2-12-28-16-18/h1-2,4-6,8-12,16,22H,3,7,13-15H2. The quantitative estimate of drug-likeness (QED) is 0.578. The van der Waals surface area contributed by atoms with Gasteiger partial charge in [-0.05, 0) is 54.3 Å². The Kier molecular flexibility index (Phi) is 6.02. The SMILES string of the molecule is O=C(Cc1cccnc1)N1CCCC1c1cccc(Cc2ccc(C(F)(F)F)cc2)n1. The first-order chi connectivity index (χ1) is 14.9. The van der Waals surface area contributed by atoms with Crippen LogP contribution in [-0.2, 0) is 23.8 Å². The summed E-state index contributed by atoms with van der Waals surface area (Å²) in [4.78, 5) is 23.5. The molecule has 160 valence electrons. The van der Waals surface area contributed by atoms with Gasteiger partial charge in [0.2, 0.25) is 5.91 Å². The van der Waals surface area contributed by atoms with Crippen molar-refractivity contribution >= 4 is 5.91 Å². The van der Waals surface area contributed by atoms with Crippen LogP contribution in [0.25, 0.3) is 0 Å². The van der Waals surface area contributed by atoms with Gasteiger partial charge >= 0.3 is 6.18 Å². The van der Waals surface area contributed by atoms with Crippen LogP contribution in [0.5, 0.6) is 0 Å². The number of nitrogens with zero attached hydrogens (tertiary/aromatic N) is 3. The van der Waals surface area contributed by atoms with Crippen molar-refractivity contribution in [3.8, 4) is 0 Å². The first-order valence-corrected chi connectivity index (χ1v) is 10.2. The van der Waals surface area contributed by atoms with Crippen molar-refractivity contribution in [3.05, 3.63) is 95.1 Å². The highest BCUT2D eigenvalue weighted by molar-refractivity contribution is 5.79. The first-order valence-electron chi connectivity index (χ1n) is 10.2. The van der Waals surface area contributed by atoms with Gasteiger partial charge in [0.1, 0.15) is 0 Å². The second-order valence-corrected chi connectivity index (χ2v) is 7.71. The third-order valence-electron chi connectivity index (χ3n) is 5.49. The van der Waals surface area contributed by atoms with Crippen LogP contribution in [0.4, 0.5) is 13.2 Å². The molecule has 2 aromatic heterocycles. The average Bonchev–Trinajstić information content (AvgIpc) is 3.25. The van der Waals surface area contributed by atoms with Crippen LogP contribution < -0.4 is 0 Å². The van der Waals surface area contributed by atoms with E-state index in [2.05, 4.69) is 4.98 Å². The number of halogens is 3. The summed E-state index contributed by atoms with van der Waals surface area (Å²) in [6, 6.07) is 14.4. The lowest BCUT2D eigenvalue weighted by Crippen LogP contribution is -2.32. The monoisotopic (exact) mass is 425 g/mol. The molecular formula is C24H22F3N3O. The van der Waals surface area contributed by atoms with E-state index in [1.807, 2.05) is 35.2 Å². The third-order valence-corrected chi connectivity index (χ3v) is 5.49. The molecule has 7 heteroatoms. The molecule has 0 spiro atoms. The Bertz CT molecular complexity index is 1040. The summed E-state index contributed by atoms with van der Waals surface area (Å²) in [7, 11) is 0. The third kappa shape index (κ3) is 5.10. The summed E-state index contributed by atoms with van der Waals surface area (Å²) in [6.07, 6.45) is 1.53. The maximum atomic E-state index is 12.9. The Morgan fingerprint density at radius 2 is 1.84 bits per heavy atom. The molecule has 1 saturated heterocycles. The van der Waals surface area contributed by atoms with Crippen LogP contribution >= 0.6 is 0 Å². The highest BCUT2D eigenvalue weighted by Crippen LogP contribution is 2.32. The number of pyridine rings is 2. The molecule has 4 rings (SSSR count). The van der Waals surface area contributed by atoms with Gasteiger partial charge < -0.3 is 4.90 Å². The molecule has 1 amide bonds. The highest BCUT2D eigenvalue weighted by atomic mass is 19.4. The summed E-state index contributed by atoms with van der Waals surface area (Å²) in [5, 5.41) is 0. The second kappa shape index (κ2) is 8.88. The first kappa shape index (κ1) is 21.0. The Labute approximate surface area is 178 Å². The largest absolute Gasteiger partial charge is 0.416 e. The van der Waals surface area contributed by atoms with Crippen LogP contribution in [0.1, 0.15) is 47.0 Å². The van der Waals surface area contributed by atoms with E-state index in [-0.39, 0.29) is 11.9 Å². The Morgan fingerprint density at radius 3 is 2.55 bits per heavy atom. The van der Waals surface area contributed by atoms with Crippen LogP contribution in [0, 0.1) is 0 Å². The maximum absolute atomic E-state index is 12.9. The van der Waals surface area contributed by atoms with Crippen LogP contribution in [0.15, 0.2) is 67.0 Å². The molecule has 1 fully saturated rings. The van der Waals surface area contributed by atoms with Crippen LogP contribution in [0.3, 0.4) is 0 Å². The minimum Gasteiger partial charge on any atom is -0.334 e. The zero-order valence-electron chi connectivity index (χ0n) is 16.8. The van der Waals surface area contributed by atoms with E-state index < -0.39 is 11.7 Å². The van der Waals surface area contributed by atoms with E-state index in [0.717, 1.165) is 47.5 Å². The van der Waals surface area contributed by atoms with Crippen molar-refractivity contribution in [3.63, 3.8) is 0 Å². The van der Waals surface area contributed by atoms with E-state index in [1.54, 1.807) is 12.4 Å². The average molecular weight is 425 g/mol. The molecule has 3 heterocycles. The van der Waals surface area contributed by atoms with Gasteiger partial charge in [-0.15, -0.1) is 0 Å². The molecule has 1 atom stereocenters. The predicted molar refractivity (Wildman–Crippen MR) is 110 cm³/mol.